The number of rotatable bonds is 0. The van der Waals surface area contributed by atoms with Crippen LogP contribution in [0.2, 0.25) is 0 Å². The van der Waals surface area contributed by atoms with Gasteiger partial charge in [0.2, 0.25) is 0 Å². The van der Waals surface area contributed by atoms with E-state index in [-0.39, 0.29) is 44.3 Å². The Labute approximate surface area is 63.1 Å². The third-order valence-electron chi connectivity index (χ3n) is 0. The van der Waals surface area contributed by atoms with E-state index in [9.17, 15) is 0 Å². The van der Waals surface area contributed by atoms with E-state index >= 15 is 0 Å². The van der Waals surface area contributed by atoms with Gasteiger partial charge in [-0.1, -0.05) is 0 Å². The van der Waals surface area contributed by atoms with E-state index in [0.717, 1.165) is 0 Å². The molecule has 0 amide bonds. The predicted octanol–water partition coefficient (Wildman–Crippen LogP) is -6.37. The van der Waals surface area contributed by atoms with E-state index in [0.29, 0.717) is 0 Å². The molecule has 0 aromatic rings. The smallest absolute Gasteiger partial charge is 0.0929 e. The maximum Gasteiger partial charge on any atom is 0.0929 e. The molecule has 0 N–H and O–H groups in total. The summed E-state index contributed by atoms with van der Waals surface area (Å²) in [6, 6.07) is 0. The van der Waals surface area contributed by atoms with E-state index in [1.54, 1.807) is 6.26 Å². The van der Waals surface area contributed by atoms with Crippen LogP contribution in [0.4, 0.5) is 0 Å². The van der Waals surface area contributed by atoms with Gasteiger partial charge in [0.1, 0.15) is 0 Å². The van der Waals surface area contributed by atoms with Gasteiger partial charge < -0.3 is 24.8 Å². The molecule has 0 fully saturated rings. The Kier molecular flexibility index (Phi) is 296. The molecule has 0 aromatic carbocycles. The molecule has 0 saturated carbocycles. The monoisotopic (exact) mass is 183 g/mol. The van der Waals surface area contributed by atoms with Crippen molar-refractivity contribution >= 4 is 12.6 Å². The topological polar surface area (TPSA) is 0 Å². The molecule has 0 rings (SSSR count). The Morgan fingerprint density at radius 1 is 1.00 bits per heavy atom. The van der Waals surface area contributed by atoms with E-state index in [1.165, 1.54) is 0 Å². The second-order valence-electron chi connectivity index (χ2n) is 0. The zero-order chi connectivity index (χ0) is 2.00. The molecular weight excluding hydrogens is 180 g/mol. The summed E-state index contributed by atoms with van der Waals surface area (Å²) in [6.07, 6.45) is 1.81. The molecule has 0 saturated heterocycles. The maximum absolute atomic E-state index is 2.97. The van der Waals surface area contributed by atoms with Crippen LogP contribution >= 0.6 is 0 Å². The third-order valence-corrected chi connectivity index (χ3v) is 0. The molecular formula is CH5Cl2SZn-. The normalized spacial score (nSPS) is 1.20. The Balaban J connectivity index is -0.00000000167. The van der Waals surface area contributed by atoms with Crippen molar-refractivity contribution in [2.24, 2.45) is 0 Å². The molecule has 0 atom stereocenters. The summed E-state index contributed by atoms with van der Waals surface area (Å²) in [5, 5.41) is 0. The van der Waals surface area contributed by atoms with E-state index in [1.807, 2.05) is 0 Å². The molecule has 0 aliphatic carbocycles. The largest absolute Gasteiger partial charge is 1.00 e. The molecule has 0 aliphatic heterocycles. The Morgan fingerprint density at radius 2 is 1.00 bits per heavy atom. The van der Waals surface area contributed by atoms with Crippen molar-refractivity contribution < 1.29 is 44.3 Å². The van der Waals surface area contributed by atoms with Crippen LogP contribution in [0.25, 0.3) is 0 Å². The second-order valence-corrected chi connectivity index (χ2v) is 0. The zero-order valence-electron chi connectivity index (χ0n) is 2.96. The molecule has 0 unspecified atom stereocenters. The molecule has 0 radical (unpaired) electrons. The first-order chi connectivity index (χ1) is 1.00. The van der Waals surface area contributed by atoms with Crippen LogP contribution in [0.3, 0.4) is 0 Å². The Hall–Kier alpha value is 1.55. The number of halogens is 2. The fraction of sp³-hybridized carbons (Fsp3) is 1.00. The first kappa shape index (κ1) is 31.0. The quantitative estimate of drug-likeness (QED) is 0.260. The maximum atomic E-state index is 2.97. The summed E-state index contributed by atoms with van der Waals surface area (Å²) in [7, 11) is 0. The third kappa shape index (κ3) is 29.1. The van der Waals surface area contributed by atoms with Gasteiger partial charge in [0.25, 0.3) is 0 Å². The molecule has 32 valence electrons. The van der Waals surface area contributed by atoms with Gasteiger partial charge in [-0.2, -0.15) is 0 Å². The van der Waals surface area contributed by atoms with Gasteiger partial charge >= 0.3 is 0 Å². The van der Waals surface area contributed by atoms with Crippen molar-refractivity contribution in [3.8, 4) is 0 Å². The summed E-state index contributed by atoms with van der Waals surface area (Å²) in [5.74, 6) is 0. The molecule has 0 heterocycles. The standard InChI is InChI=1S/CH4S.2ClH.Zn/c1-2;;;/h2H,1H3;2*1H;/p-1. The first-order valence-corrected chi connectivity index (χ1v) is 1.50. The van der Waals surface area contributed by atoms with Crippen LogP contribution in [0, 0.1) is 0 Å². The fourth-order valence-electron chi connectivity index (χ4n) is 0. The summed E-state index contributed by atoms with van der Waals surface area (Å²) in [5.41, 5.74) is 0. The van der Waals surface area contributed by atoms with Crippen molar-refractivity contribution in [1.29, 1.82) is 0 Å². The van der Waals surface area contributed by atoms with Gasteiger partial charge in [-0.25, -0.2) is 0 Å². The number of hydrogen-bond acceptors (Lipinski definition) is 0. The van der Waals surface area contributed by atoms with Crippen LogP contribution < -0.4 is 24.8 Å². The van der Waals surface area contributed by atoms with Gasteiger partial charge in [-0.3, -0.25) is 0 Å². The minimum Gasteiger partial charge on any atom is -1.00 e. The van der Waals surface area contributed by atoms with E-state index < -0.39 is 0 Å². The van der Waals surface area contributed by atoms with Gasteiger partial charge in [-0.15, -0.1) is 0 Å². The van der Waals surface area contributed by atoms with Gasteiger partial charge in [-0.05, 0) is 12.6 Å². The minimum atomic E-state index is 0. The summed E-state index contributed by atoms with van der Waals surface area (Å²) in [6.45, 7) is 0. The van der Waals surface area contributed by atoms with Crippen LogP contribution in [-0.4, -0.2) is 6.26 Å². The van der Waals surface area contributed by atoms with Gasteiger partial charge in [0.05, 0.1) is 6.26 Å². The van der Waals surface area contributed by atoms with Gasteiger partial charge in [0, 0.05) is 19.5 Å². The number of hydrogen-bond donors (Lipinski definition) is 0. The van der Waals surface area contributed by atoms with Crippen LogP contribution in [0.1, 0.15) is 0 Å². The van der Waals surface area contributed by atoms with Crippen LogP contribution in [-0.2, 0) is 32.1 Å². The summed E-state index contributed by atoms with van der Waals surface area (Å²) in [4.78, 5) is 0. The van der Waals surface area contributed by atoms with Crippen LogP contribution in [0.15, 0.2) is 0 Å². The summed E-state index contributed by atoms with van der Waals surface area (Å²) >= 11 is 2.97. The van der Waals surface area contributed by atoms with Crippen molar-refractivity contribution in [3.63, 3.8) is 0 Å². The molecule has 0 aromatic heterocycles. The van der Waals surface area contributed by atoms with Crippen molar-refractivity contribution in [3.05, 3.63) is 0 Å². The summed E-state index contributed by atoms with van der Waals surface area (Å²) < 4.78 is 0. The van der Waals surface area contributed by atoms with E-state index in [2.05, 4.69) is 12.6 Å². The first-order valence-electron chi connectivity index (χ1n) is 0.500. The molecule has 0 nitrogen and oxygen atoms in total. The average Bonchev–Trinajstić information content (AvgIpc) is 1.00. The predicted molar refractivity (Wildman–Crippen MR) is 16.1 cm³/mol. The fourth-order valence-corrected chi connectivity index (χ4v) is 0. The second kappa shape index (κ2) is 47.7. The molecule has 5 heavy (non-hydrogen) atoms. The van der Waals surface area contributed by atoms with E-state index in [4.69, 9.17) is 0 Å². The van der Waals surface area contributed by atoms with Crippen molar-refractivity contribution in [1.82, 2.24) is 0 Å². The van der Waals surface area contributed by atoms with Gasteiger partial charge in [0.15, 0.2) is 0 Å². The van der Waals surface area contributed by atoms with Crippen LogP contribution in [0.5, 0.6) is 0 Å². The molecule has 0 spiro atoms. The van der Waals surface area contributed by atoms with Crippen molar-refractivity contribution in [2.45, 2.75) is 0 Å². The zero-order valence-corrected chi connectivity index (χ0v) is 8.44. The van der Waals surface area contributed by atoms with Crippen molar-refractivity contribution in [2.75, 3.05) is 6.26 Å². The Bertz CT molecular complexity index is 9.61. The molecule has 4 heteroatoms. The molecule has 0 aliphatic rings. The SMILES string of the molecule is C[SH2+].[Cl-].[Cl-].[Zn]. The average molecular weight is 185 g/mol. The molecule has 0 bridgehead atoms. The Morgan fingerprint density at radius 3 is 1.00 bits per heavy atom. The minimum absolute atomic E-state index is 0.